The van der Waals surface area contributed by atoms with Crippen LogP contribution in [0.25, 0.3) is 0 Å². The first-order chi connectivity index (χ1) is 11.8. The third-order valence-electron chi connectivity index (χ3n) is 4.37. The molecule has 2 rings (SSSR count). The highest BCUT2D eigenvalue weighted by molar-refractivity contribution is 5.69. The predicted octanol–water partition coefficient (Wildman–Crippen LogP) is 4.05. The molecule has 0 aliphatic rings. The van der Waals surface area contributed by atoms with Gasteiger partial charge in [0.1, 0.15) is 11.5 Å². The lowest BCUT2D eigenvalue weighted by molar-refractivity contribution is -0.143. The van der Waals surface area contributed by atoms with Crippen molar-refractivity contribution in [3.05, 3.63) is 57.6 Å². The first-order valence-corrected chi connectivity index (χ1v) is 8.51. The van der Waals surface area contributed by atoms with Crippen LogP contribution in [0.5, 0.6) is 11.5 Å². The third-order valence-corrected chi connectivity index (χ3v) is 4.37. The van der Waals surface area contributed by atoms with E-state index in [2.05, 4.69) is 0 Å². The van der Waals surface area contributed by atoms with Crippen LogP contribution >= 0.6 is 0 Å². The van der Waals surface area contributed by atoms with Gasteiger partial charge in [-0.2, -0.15) is 0 Å². The van der Waals surface area contributed by atoms with E-state index >= 15 is 0 Å². The van der Waals surface area contributed by atoms with E-state index in [1.54, 1.807) is 0 Å². The summed E-state index contributed by atoms with van der Waals surface area (Å²) >= 11 is 0. The van der Waals surface area contributed by atoms with Gasteiger partial charge < -0.3 is 14.9 Å². The highest BCUT2D eigenvalue weighted by Gasteiger charge is 2.08. The summed E-state index contributed by atoms with van der Waals surface area (Å²) in [6.45, 7) is 7.76. The molecule has 4 nitrogen and oxygen atoms in total. The van der Waals surface area contributed by atoms with Crippen LogP contribution in [0.4, 0.5) is 0 Å². The van der Waals surface area contributed by atoms with Crippen molar-refractivity contribution < 1.29 is 19.7 Å². The maximum atomic E-state index is 11.9. The molecule has 0 bridgehead atoms. The molecule has 0 saturated carbocycles. The maximum Gasteiger partial charge on any atom is 0.306 e. The summed E-state index contributed by atoms with van der Waals surface area (Å²) in [4.78, 5) is 11.9. The van der Waals surface area contributed by atoms with E-state index in [9.17, 15) is 15.0 Å². The minimum Gasteiger partial charge on any atom is -0.507 e. The summed E-state index contributed by atoms with van der Waals surface area (Å²) in [5, 5.41) is 19.6. The average Bonchev–Trinajstić information content (AvgIpc) is 2.55. The lowest BCUT2D eigenvalue weighted by Gasteiger charge is -2.10. The minimum absolute atomic E-state index is 0.226. The van der Waals surface area contributed by atoms with E-state index in [1.807, 2.05) is 52.0 Å². The zero-order valence-electron chi connectivity index (χ0n) is 15.3. The number of aromatic hydroxyl groups is 2. The van der Waals surface area contributed by atoms with Crippen molar-refractivity contribution in [1.82, 2.24) is 0 Å². The van der Waals surface area contributed by atoms with E-state index in [0.29, 0.717) is 37.4 Å². The van der Waals surface area contributed by atoms with Gasteiger partial charge in [0.15, 0.2) is 0 Å². The van der Waals surface area contributed by atoms with Crippen LogP contribution in [0, 0.1) is 27.7 Å². The Labute approximate surface area is 149 Å². The van der Waals surface area contributed by atoms with Crippen LogP contribution < -0.4 is 0 Å². The molecule has 0 fully saturated rings. The Morgan fingerprint density at radius 3 is 1.64 bits per heavy atom. The number of carbonyl (C=O) groups is 1. The summed E-state index contributed by atoms with van der Waals surface area (Å²) in [6.07, 6.45) is 1.54. The number of carbonyl (C=O) groups excluding carboxylic acids is 1. The van der Waals surface area contributed by atoms with E-state index in [0.717, 1.165) is 33.4 Å². The second-order valence-electron chi connectivity index (χ2n) is 6.63. The fraction of sp³-hybridized carbons (Fsp3) is 0.381. The van der Waals surface area contributed by atoms with Gasteiger partial charge in [0.2, 0.25) is 0 Å². The molecule has 25 heavy (non-hydrogen) atoms. The summed E-state index contributed by atoms with van der Waals surface area (Å²) in [7, 11) is 0. The predicted molar refractivity (Wildman–Crippen MR) is 98.1 cm³/mol. The van der Waals surface area contributed by atoms with Crippen LogP contribution in [0.15, 0.2) is 24.3 Å². The number of phenols is 2. The molecule has 0 saturated heterocycles. The molecule has 0 atom stereocenters. The molecule has 2 aromatic rings. The Kier molecular flexibility index (Phi) is 6.07. The van der Waals surface area contributed by atoms with Gasteiger partial charge in [0.05, 0.1) is 6.61 Å². The van der Waals surface area contributed by atoms with Crippen molar-refractivity contribution in [2.24, 2.45) is 0 Å². The van der Waals surface area contributed by atoms with Crippen LogP contribution in [0.1, 0.15) is 39.8 Å². The SMILES string of the molecule is Cc1cc(CCOC(=O)CCc2cc(C)c(O)c(C)c2)cc(C)c1O. The number of benzene rings is 2. The van der Waals surface area contributed by atoms with Gasteiger partial charge in [0.25, 0.3) is 0 Å². The van der Waals surface area contributed by atoms with Crippen molar-refractivity contribution in [3.63, 3.8) is 0 Å². The van der Waals surface area contributed by atoms with Gasteiger partial charge in [-0.05, 0) is 67.5 Å². The van der Waals surface area contributed by atoms with Crippen molar-refractivity contribution >= 4 is 5.97 Å². The molecule has 0 aliphatic carbocycles. The van der Waals surface area contributed by atoms with E-state index < -0.39 is 0 Å². The van der Waals surface area contributed by atoms with Crippen molar-refractivity contribution in [2.75, 3.05) is 6.61 Å². The van der Waals surface area contributed by atoms with Gasteiger partial charge in [-0.25, -0.2) is 0 Å². The molecule has 134 valence electrons. The molecule has 0 amide bonds. The molecular formula is C21H26O4. The zero-order chi connectivity index (χ0) is 18.6. The fourth-order valence-corrected chi connectivity index (χ4v) is 2.98. The number of hydrogen-bond donors (Lipinski definition) is 2. The molecular weight excluding hydrogens is 316 g/mol. The smallest absolute Gasteiger partial charge is 0.306 e. The van der Waals surface area contributed by atoms with Crippen LogP contribution in [-0.2, 0) is 22.4 Å². The van der Waals surface area contributed by atoms with Crippen LogP contribution in [0.3, 0.4) is 0 Å². The Morgan fingerprint density at radius 1 is 0.800 bits per heavy atom. The van der Waals surface area contributed by atoms with E-state index in [4.69, 9.17) is 4.74 Å². The van der Waals surface area contributed by atoms with Crippen molar-refractivity contribution in [3.8, 4) is 11.5 Å². The number of aryl methyl sites for hydroxylation is 5. The van der Waals surface area contributed by atoms with Gasteiger partial charge in [-0.1, -0.05) is 24.3 Å². The monoisotopic (exact) mass is 342 g/mol. The molecule has 2 aromatic carbocycles. The first kappa shape index (κ1) is 18.8. The summed E-state index contributed by atoms with van der Waals surface area (Å²) in [5.74, 6) is 0.404. The molecule has 0 unspecified atom stereocenters. The molecule has 0 aromatic heterocycles. The van der Waals surface area contributed by atoms with Gasteiger partial charge in [0, 0.05) is 12.8 Å². The number of rotatable bonds is 6. The second-order valence-corrected chi connectivity index (χ2v) is 6.63. The quantitative estimate of drug-likeness (QED) is 0.777. The highest BCUT2D eigenvalue weighted by atomic mass is 16.5. The number of phenolic OH excluding ortho intramolecular Hbond substituents is 2. The molecule has 0 heterocycles. The topological polar surface area (TPSA) is 66.8 Å². The number of esters is 1. The lowest BCUT2D eigenvalue weighted by atomic mass is 10.0. The summed E-state index contributed by atoms with van der Waals surface area (Å²) in [6, 6.07) is 7.63. The van der Waals surface area contributed by atoms with E-state index in [-0.39, 0.29) is 5.97 Å². The highest BCUT2D eigenvalue weighted by Crippen LogP contribution is 2.24. The molecule has 4 heteroatoms. The fourth-order valence-electron chi connectivity index (χ4n) is 2.98. The van der Waals surface area contributed by atoms with Gasteiger partial charge >= 0.3 is 5.97 Å². The Bertz CT molecular complexity index is 731. The first-order valence-electron chi connectivity index (χ1n) is 8.51. The maximum absolute atomic E-state index is 11.9. The molecule has 2 N–H and O–H groups in total. The van der Waals surface area contributed by atoms with E-state index in [1.165, 1.54) is 0 Å². The standard InChI is InChI=1S/C21H26O4/c1-13-9-17(10-14(2)20(13)23)5-6-19(22)25-8-7-18-11-15(3)21(24)16(4)12-18/h9-12,23-24H,5-8H2,1-4H3. The molecule has 0 radical (unpaired) electrons. The second kappa shape index (κ2) is 8.06. The Balaban J connectivity index is 1.81. The minimum atomic E-state index is -0.226. The Hall–Kier alpha value is -2.49. The lowest BCUT2D eigenvalue weighted by Crippen LogP contribution is -2.09. The number of hydrogen-bond acceptors (Lipinski definition) is 4. The molecule has 0 aliphatic heterocycles. The summed E-state index contributed by atoms with van der Waals surface area (Å²) in [5.41, 5.74) is 5.38. The van der Waals surface area contributed by atoms with Crippen molar-refractivity contribution in [2.45, 2.75) is 47.0 Å². The third kappa shape index (κ3) is 4.99. The summed E-state index contributed by atoms with van der Waals surface area (Å²) < 4.78 is 5.31. The normalized spacial score (nSPS) is 10.7. The van der Waals surface area contributed by atoms with Crippen LogP contribution in [0.2, 0.25) is 0 Å². The number of ether oxygens (including phenoxy) is 1. The van der Waals surface area contributed by atoms with Crippen molar-refractivity contribution in [1.29, 1.82) is 0 Å². The van der Waals surface area contributed by atoms with Gasteiger partial charge in [-0.3, -0.25) is 4.79 Å². The van der Waals surface area contributed by atoms with Gasteiger partial charge in [-0.15, -0.1) is 0 Å². The largest absolute Gasteiger partial charge is 0.507 e. The zero-order valence-corrected chi connectivity index (χ0v) is 15.3. The van der Waals surface area contributed by atoms with Crippen LogP contribution in [-0.4, -0.2) is 22.8 Å². The Morgan fingerprint density at radius 2 is 1.20 bits per heavy atom. The average molecular weight is 342 g/mol. The molecule has 0 spiro atoms.